The number of amides is 1. The van der Waals surface area contributed by atoms with Gasteiger partial charge in [-0.1, -0.05) is 35.2 Å². The first-order valence-electron chi connectivity index (χ1n) is 9.48. The van der Waals surface area contributed by atoms with Gasteiger partial charge in [-0.2, -0.15) is 0 Å². The number of aromatic nitrogens is 3. The molecule has 0 fully saturated rings. The number of nitrogens with one attached hydrogen (secondary N) is 1. The summed E-state index contributed by atoms with van der Waals surface area (Å²) in [6.45, 7) is 2.00. The second kappa shape index (κ2) is 8.05. The van der Waals surface area contributed by atoms with Gasteiger partial charge in [-0.3, -0.25) is 9.72 Å². The number of carbonyl (C=O) groups is 1. The fourth-order valence-corrected chi connectivity index (χ4v) is 5.26. The molecule has 0 bridgehead atoms. The Morgan fingerprint density at radius 2 is 2.10 bits per heavy atom. The molecule has 0 radical (unpaired) electrons. The Labute approximate surface area is 183 Å². The fraction of sp³-hybridized carbons (Fsp3) is 0.143. The van der Waals surface area contributed by atoms with E-state index in [0.29, 0.717) is 17.0 Å². The molecular weight excluding hydrogens is 436 g/mol. The van der Waals surface area contributed by atoms with Crippen molar-refractivity contribution in [3.05, 3.63) is 64.5 Å². The Morgan fingerprint density at radius 3 is 2.97 bits per heavy atom. The molecule has 3 heterocycles. The van der Waals surface area contributed by atoms with Gasteiger partial charge in [0.1, 0.15) is 5.58 Å². The first-order valence-corrected chi connectivity index (χ1v) is 11.3. The second-order valence-electron chi connectivity index (χ2n) is 6.61. The van der Waals surface area contributed by atoms with Gasteiger partial charge in [0.2, 0.25) is 4.96 Å². The summed E-state index contributed by atoms with van der Waals surface area (Å²) in [4.78, 5) is 24.6. The summed E-state index contributed by atoms with van der Waals surface area (Å²) in [5.74, 6) is 0.512. The van der Waals surface area contributed by atoms with Gasteiger partial charge in [0.05, 0.1) is 16.8 Å². The lowest BCUT2D eigenvalue weighted by atomic mass is 10.1. The molecule has 5 rings (SSSR count). The zero-order valence-electron chi connectivity index (χ0n) is 16.3. The number of hydrogen-bond acceptors (Lipinski definition) is 8. The fourth-order valence-electron chi connectivity index (χ4n) is 3.30. The highest BCUT2D eigenvalue weighted by Crippen LogP contribution is 2.32. The quantitative estimate of drug-likeness (QED) is 0.299. The number of hydrogen-bond donors (Lipinski definition) is 1. The van der Waals surface area contributed by atoms with Crippen molar-refractivity contribution < 1.29 is 13.9 Å². The first-order chi connectivity index (χ1) is 15.1. The summed E-state index contributed by atoms with van der Waals surface area (Å²) >= 11 is 3.09. The summed E-state index contributed by atoms with van der Waals surface area (Å²) in [6, 6.07) is 14.7. The minimum atomic E-state index is -0.560. The SMILES string of the molecule is CCOC(=O)Nc1ccc2c(CSc3nnc4sc5ccccc5n34)cc(=O)oc2c1. The molecule has 5 aromatic rings. The van der Waals surface area contributed by atoms with Gasteiger partial charge in [0.15, 0.2) is 5.16 Å². The van der Waals surface area contributed by atoms with Crippen LogP contribution in [0.4, 0.5) is 10.5 Å². The number of thiazole rings is 1. The van der Waals surface area contributed by atoms with Crippen LogP contribution in [0.2, 0.25) is 0 Å². The third-order valence-corrected chi connectivity index (χ3v) is 6.61. The molecule has 2 aromatic carbocycles. The number of carbonyl (C=O) groups excluding carboxylic acids is 1. The number of thioether (sulfide) groups is 1. The highest BCUT2D eigenvalue weighted by molar-refractivity contribution is 7.98. The van der Waals surface area contributed by atoms with Crippen molar-refractivity contribution in [1.29, 1.82) is 0 Å². The molecule has 3 aromatic heterocycles. The van der Waals surface area contributed by atoms with Crippen LogP contribution >= 0.6 is 23.1 Å². The van der Waals surface area contributed by atoms with Gasteiger partial charge in [-0.15, -0.1) is 10.2 Å². The number of nitrogens with zero attached hydrogens (tertiary/aromatic N) is 3. The summed E-state index contributed by atoms with van der Waals surface area (Å²) in [6.07, 6.45) is -0.560. The molecular formula is C21H16N4O4S2. The minimum Gasteiger partial charge on any atom is -0.450 e. The molecule has 0 aliphatic heterocycles. The maximum absolute atomic E-state index is 12.1. The average molecular weight is 453 g/mol. The predicted molar refractivity (Wildman–Crippen MR) is 121 cm³/mol. The molecule has 8 nitrogen and oxygen atoms in total. The maximum Gasteiger partial charge on any atom is 0.411 e. The zero-order valence-corrected chi connectivity index (χ0v) is 18.0. The summed E-state index contributed by atoms with van der Waals surface area (Å²) < 4.78 is 13.4. The Hall–Kier alpha value is -3.37. The van der Waals surface area contributed by atoms with E-state index in [2.05, 4.69) is 21.6 Å². The first kappa shape index (κ1) is 19.6. The van der Waals surface area contributed by atoms with Crippen LogP contribution in [0.25, 0.3) is 26.1 Å². The smallest absolute Gasteiger partial charge is 0.411 e. The van der Waals surface area contributed by atoms with Crippen molar-refractivity contribution in [2.45, 2.75) is 17.8 Å². The van der Waals surface area contributed by atoms with Crippen LogP contribution < -0.4 is 10.9 Å². The molecule has 0 saturated carbocycles. The molecule has 10 heteroatoms. The Bertz CT molecular complexity index is 1490. The van der Waals surface area contributed by atoms with Crippen molar-refractivity contribution >= 4 is 61.0 Å². The zero-order chi connectivity index (χ0) is 21.4. The minimum absolute atomic E-state index is 0.269. The molecule has 0 spiro atoms. The van der Waals surface area contributed by atoms with Crippen molar-refractivity contribution in [2.24, 2.45) is 0 Å². The van der Waals surface area contributed by atoms with Gasteiger partial charge in [-0.05, 0) is 36.8 Å². The lowest BCUT2D eigenvalue weighted by Gasteiger charge is -2.08. The van der Waals surface area contributed by atoms with Crippen LogP contribution in [0.1, 0.15) is 12.5 Å². The molecule has 156 valence electrons. The third kappa shape index (κ3) is 3.75. The normalized spacial score (nSPS) is 11.4. The molecule has 0 unspecified atom stereocenters. The number of benzene rings is 2. The van der Waals surface area contributed by atoms with Crippen molar-refractivity contribution in [3.63, 3.8) is 0 Å². The van der Waals surface area contributed by atoms with E-state index >= 15 is 0 Å². The van der Waals surface area contributed by atoms with Crippen LogP contribution in [0.5, 0.6) is 0 Å². The summed E-state index contributed by atoms with van der Waals surface area (Å²) in [7, 11) is 0. The van der Waals surface area contributed by atoms with Crippen LogP contribution in [0.15, 0.2) is 62.9 Å². The van der Waals surface area contributed by atoms with Crippen LogP contribution in [-0.4, -0.2) is 27.3 Å². The number of fused-ring (bicyclic) bond motifs is 4. The molecule has 0 aliphatic carbocycles. The van der Waals surface area contributed by atoms with E-state index in [-0.39, 0.29) is 6.61 Å². The topological polar surface area (TPSA) is 98.7 Å². The van der Waals surface area contributed by atoms with E-state index in [4.69, 9.17) is 9.15 Å². The molecule has 0 saturated heterocycles. The van der Waals surface area contributed by atoms with E-state index in [0.717, 1.165) is 31.3 Å². The van der Waals surface area contributed by atoms with Crippen molar-refractivity contribution in [3.8, 4) is 0 Å². The molecule has 1 N–H and O–H groups in total. The van der Waals surface area contributed by atoms with E-state index in [1.807, 2.05) is 28.7 Å². The standard InChI is InChI=1S/C21H16N4O4S2/c1-2-28-21(27)22-13-7-8-14-12(9-18(26)29-16(14)10-13)11-30-19-23-24-20-25(19)15-5-3-4-6-17(15)31-20/h3-10H,2,11H2,1H3,(H,22,27). The monoisotopic (exact) mass is 452 g/mol. The van der Waals surface area contributed by atoms with Gasteiger partial charge < -0.3 is 9.15 Å². The number of ether oxygens (including phenoxy) is 1. The number of rotatable bonds is 5. The van der Waals surface area contributed by atoms with E-state index in [1.54, 1.807) is 30.4 Å². The van der Waals surface area contributed by atoms with E-state index in [9.17, 15) is 9.59 Å². The Balaban J connectivity index is 1.46. The molecule has 0 atom stereocenters. The average Bonchev–Trinajstić information content (AvgIpc) is 3.31. The number of anilines is 1. The summed E-state index contributed by atoms with van der Waals surface area (Å²) in [5, 5.41) is 12.8. The largest absolute Gasteiger partial charge is 0.450 e. The maximum atomic E-state index is 12.1. The van der Waals surface area contributed by atoms with Gasteiger partial charge in [0, 0.05) is 29.0 Å². The van der Waals surface area contributed by atoms with Gasteiger partial charge in [-0.25, -0.2) is 9.59 Å². The summed E-state index contributed by atoms with van der Waals surface area (Å²) in [5.41, 5.74) is 2.30. The van der Waals surface area contributed by atoms with Crippen LogP contribution in [0.3, 0.4) is 0 Å². The van der Waals surface area contributed by atoms with E-state index < -0.39 is 11.7 Å². The van der Waals surface area contributed by atoms with Crippen molar-refractivity contribution in [2.75, 3.05) is 11.9 Å². The lowest BCUT2D eigenvalue weighted by molar-refractivity contribution is 0.168. The molecule has 0 aliphatic rings. The van der Waals surface area contributed by atoms with Crippen LogP contribution in [-0.2, 0) is 10.5 Å². The molecule has 1 amide bonds. The Morgan fingerprint density at radius 1 is 1.23 bits per heavy atom. The Kier molecular flexibility index (Phi) is 5.08. The molecule has 31 heavy (non-hydrogen) atoms. The highest BCUT2D eigenvalue weighted by atomic mass is 32.2. The van der Waals surface area contributed by atoms with E-state index in [1.165, 1.54) is 17.8 Å². The lowest BCUT2D eigenvalue weighted by Crippen LogP contribution is -2.13. The van der Waals surface area contributed by atoms with Crippen LogP contribution in [0, 0.1) is 0 Å². The predicted octanol–water partition coefficient (Wildman–Crippen LogP) is 4.91. The van der Waals surface area contributed by atoms with Crippen molar-refractivity contribution in [1.82, 2.24) is 14.6 Å². The van der Waals surface area contributed by atoms with Gasteiger partial charge in [0.25, 0.3) is 0 Å². The third-order valence-electron chi connectivity index (χ3n) is 4.62. The second-order valence-corrected chi connectivity index (χ2v) is 8.56. The van der Waals surface area contributed by atoms with Gasteiger partial charge >= 0.3 is 11.7 Å². The number of para-hydroxylation sites is 1. The highest BCUT2D eigenvalue weighted by Gasteiger charge is 2.14.